The Kier molecular flexibility index (Phi) is 5.74. The van der Waals surface area contributed by atoms with Crippen LogP contribution in [0.2, 0.25) is 5.02 Å². The van der Waals surface area contributed by atoms with Crippen LogP contribution in [-0.4, -0.2) is 49.9 Å². The van der Waals surface area contributed by atoms with Crippen LogP contribution in [0, 0.1) is 0 Å². The van der Waals surface area contributed by atoms with Crippen molar-refractivity contribution in [2.45, 2.75) is 4.90 Å². The molecule has 1 aromatic rings. The molecule has 0 saturated carbocycles. The molecule has 1 amide bonds. The first-order valence-electron chi connectivity index (χ1n) is 6.84. The third-order valence-corrected chi connectivity index (χ3v) is 5.53. The van der Waals surface area contributed by atoms with Crippen molar-refractivity contribution in [1.29, 1.82) is 0 Å². The van der Waals surface area contributed by atoms with Gasteiger partial charge in [0.25, 0.3) is 15.9 Å². The highest BCUT2D eigenvalue weighted by molar-refractivity contribution is 8.19. The van der Waals surface area contributed by atoms with Gasteiger partial charge >= 0.3 is 0 Å². The van der Waals surface area contributed by atoms with E-state index in [2.05, 4.69) is 11.0 Å². The van der Waals surface area contributed by atoms with Crippen molar-refractivity contribution in [1.82, 2.24) is 9.80 Å². The number of amidine groups is 1. The quantitative estimate of drug-likeness (QED) is 0.575. The lowest BCUT2D eigenvalue weighted by molar-refractivity contribution is -0.121. The van der Waals surface area contributed by atoms with E-state index in [0.717, 1.165) is 11.8 Å². The summed E-state index contributed by atoms with van der Waals surface area (Å²) in [6, 6.07) is 5.69. The standard InChI is InChI=1S/C15H16ClN3O3S2/c1-4-9-19-14(20)13(10-18(2)3)23-15(19)17-24(21,22)12-7-5-11(16)6-8-12/h4-8,10H,1,9H2,2-3H3/b13-10+,17-15+. The second kappa shape index (κ2) is 7.42. The van der Waals surface area contributed by atoms with Crippen LogP contribution in [0.15, 0.2) is 57.3 Å². The number of nitrogens with zero attached hydrogens (tertiary/aromatic N) is 3. The molecule has 0 unspecified atom stereocenters. The summed E-state index contributed by atoms with van der Waals surface area (Å²) in [4.78, 5) is 15.8. The van der Waals surface area contributed by atoms with Gasteiger partial charge in [0.1, 0.15) is 0 Å². The molecule has 2 rings (SSSR count). The third kappa shape index (κ3) is 4.19. The van der Waals surface area contributed by atoms with Crippen molar-refractivity contribution in [3.63, 3.8) is 0 Å². The average molecular weight is 386 g/mol. The van der Waals surface area contributed by atoms with Gasteiger partial charge in [-0.15, -0.1) is 11.0 Å². The van der Waals surface area contributed by atoms with Gasteiger partial charge in [-0.05, 0) is 36.0 Å². The minimum absolute atomic E-state index is 0.0102. The van der Waals surface area contributed by atoms with E-state index >= 15 is 0 Å². The molecule has 1 heterocycles. The molecule has 0 radical (unpaired) electrons. The molecule has 0 aromatic heterocycles. The van der Waals surface area contributed by atoms with Crippen LogP contribution in [0.5, 0.6) is 0 Å². The van der Waals surface area contributed by atoms with Gasteiger partial charge in [-0.1, -0.05) is 17.7 Å². The summed E-state index contributed by atoms with van der Waals surface area (Å²) < 4.78 is 28.7. The van der Waals surface area contributed by atoms with E-state index in [1.165, 1.54) is 35.2 Å². The zero-order valence-electron chi connectivity index (χ0n) is 13.1. The minimum Gasteiger partial charge on any atom is -0.382 e. The molecule has 1 fully saturated rings. The fourth-order valence-electron chi connectivity index (χ4n) is 1.85. The number of rotatable bonds is 5. The molecule has 0 N–H and O–H groups in total. The lowest BCUT2D eigenvalue weighted by Gasteiger charge is -2.12. The maximum Gasteiger partial charge on any atom is 0.284 e. The molecule has 0 bridgehead atoms. The summed E-state index contributed by atoms with van der Waals surface area (Å²) in [5.41, 5.74) is 0. The summed E-state index contributed by atoms with van der Waals surface area (Å²) in [5.74, 6) is -0.307. The Morgan fingerprint density at radius 1 is 1.33 bits per heavy atom. The van der Waals surface area contributed by atoms with Crippen LogP contribution in [0.1, 0.15) is 0 Å². The predicted octanol–water partition coefficient (Wildman–Crippen LogP) is 2.55. The maximum absolute atomic E-state index is 12.4. The van der Waals surface area contributed by atoms with Gasteiger partial charge in [-0.25, -0.2) is 0 Å². The fraction of sp³-hybridized carbons (Fsp3) is 0.200. The van der Waals surface area contributed by atoms with E-state index in [1.807, 2.05) is 0 Å². The maximum atomic E-state index is 12.4. The monoisotopic (exact) mass is 385 g/mol. The van der Waals surface area contributed by atoms with Crippen molar-refractivity contribution in [3.05, 3.63) is 53.0 Å². The average Bonchev–Trinajstić information content (AvgIpc) is 2.75. The van der Waals surface area contributed by atoms with Crippen molar-refractivity contribution >= 4 is 44.5 Å². The Morgan fingerprint density at radius 3 is 2.50 bits per heavy atom. The summed E-state index contributed by atoms with van der Waals surface area (Å²) in [7, 11) is -0.395. The summed E-state index contributed by atoms with van der Waals surface area (Å²) in [6.07, 6.45) is 3.14. The van der Waals surface area contributed by atoms with Gasteiger partial charge in [-0.2, -0.15) is 8.42 Å². The highest BCUT2D eigenvalue weighted by Crippen LogP contribution is 2.32. The van der Waals surface area contributed by atoms with Crippen LogP contribution >= 0.6 is 23.4 Å². The first-order chi connectivity index (χ1) is 11.2. The highest BCUT2D eigenvalue weighted by Gasteiger charge is 2.34. The van der Waals surface area contributed by atoms with Gasteiger partial charge in [0.15, 0.2) is 5.17 Å². The van der Waals surface area contributed by atoms with Crippen molar-refractivity contribution in [2.75, 3.05) is 20.6 Å². The Balaban J connectivity index is 2.43. The highest BCUT2D eigenvalue weighted by atomic mass is 35.5. The Bertz CT molecular complexity index is 815. The number of carbonyl (C=O) groups excluding carboxylic acids is 1. The van der Waals surface area contributed by atoms with Crippen LogP contribution < -0.4 is 0 Å². The summed E-state index contributed by atoms with van der Waals surface area (Å²) in [5, 5.41) is 0.527. The fourth-order valence-corrected chi connectivity index (χ4v) is 4.24. The molecule has 1 saturated heterocycles. The predicted molar refractivity (Wildman–Crippen MR) is 97.3 cm³/mol. The second-order valence-electron chi connectivity index (χ2n) is 5.07. The second-order valence-corrected chi connectivity index (χ2v) is 8.12. The smallest absolute Gasteiger partial charge is 0.284 e. The first-order valence-corrected chi connectivity index (χ1v) is 9.47. The van der Waals surface area contributed by atoms with Gasteiger partial charge < -0.3 is 4.90 Å². The van der Waals surface area contributed by atoms with Gasteiger partial charge in [0, 0.05) is 31.9 Å². The molecule has 0 atom stereocenters. The van der Waals surface area contributed by atoms with Crippen molar-refractivity contribution in [2.24, 2.45) is 4.40 Å². The van der Waals surface area contributed by atoms with Crippen molar-refractivity contribution < 1.29 is 13.2 Å². The van der Waals surface area contributed by atoms with Crippen LogP contribution in [0.25, 0.3) is 0 Å². The molecule has 0 aliphatic carbocycles. The van der Waals surface area contributed by atoms with E-state index in [-0.39, 0.29) is 22.5 Å². The van der Waals surface area contributed by atoms with E-state index in [4.69, 9.17) is 11.6 Å². The molecule has 1 aromatic carbocycles. The van der Waals surface area contributed by atoms with Crippen LogP contribution in [0.4, 0.5) is 0 Å². The Hall–Kier alpha value is -1.77. The zero-order valence-corrected chi connectivity index (χ0v) is 15.5. The van der Waals surface area contributed by atoms with E-state index in [0.29, 0.717) is 9.93 Å². The molecule has 1 aliphatic heterocycles. The number of benzene rings is 1. The molecule has 6 nitrogen and oxygen atoms in total. The zero-order chi connectivity index (χ0) is 17.9. The number of carbonyl (C=O) groups is 1. The van der Waals surface area contributed by atoms with Gasteiger partial charge in [0.05, 0.1) is 9.80 Å². The molecule has 24 heavy (non-hydrogen) atoms. The lowest BCUT2D eigenvalue weighted by Crippen LogP contribution is -2.30. The van der Waals surface area contributed by atoms with Crippen molar-refractivity contribution in [3.8, 4) is 0 Å². The first kappa shape index (κ1) is 18.6. The molecule has 1 aliphatic rings. The summed E-state index contributed by atoms with van der Waals surface area (Å²) in [6.45, 7) is 3.76. The van der Waals surface area contributed by atoms with E-state index < -0.39 is 10.0 Å². The minimum atomic E-state index is -3.95. The lowest BCUT2D eigenvalue weighted by atomic mass is 10.4. The number of amides is 1. The number of hydrogen-bond donors (Lipinski definition) is 0. The van der Waals surface area contributed by atoms with Gasteiger partial charge in [0.2, 0.25) is 0 Å². The SMILES string of the molecule is C=CCN1C(=O)/C(=C\N(C)C)S/C1=N/S(=O)(=O)c1ccc(Cl)cc1. The third-order valence-electron chi connectivity index (χ3n) is 2.88. The topological polar surface area (TPSA) is 70.1 Å². The number of hydrogen-bond acceptors (Lipinski definition) is 5. The molecule has 0 spiro atoms. The normalized spacial score (nSPS) is 18.5. The number of halogens is 1. The number of thioether (sulfide) groups is 1. The molecular formula is C15H16ClN3O3S2. The van der Waals surface area contributed by atoms with E-state index in [1.54, 1.807) is 25.2 Å². The molecular weight excluding hydrogens is 370 g/mol. The summed E-state index contributed by atoms with van der Waals surface area (Å²) >= 11 is 6.78. The number of sulfonamides is 1. The van der Waals surface area contributed by atoms with E-state index in [9.17, 15) is 13.2 Å². The molecule has 9 heteroatoms. The van der Waals surface area contributed by atoms with Crippen LogP contribution in [0.3, 0.4) is 0 Å². The largest absolute Gasteiger partial charge is 0.382 e. The van der Waals surface area contributed by atoms with Gasteiger partial charge in [-0.3, -0.25) is 9.69 Å². The Morgan fingerprint density at radius 2 is 1.96 bits per heavy atom. The molecule has 128 valence electrons. The van der Waals surface area contributed by atoms with Crippen LogP contribution in [-0.2, 0) is 14.8 Å². The Labute approximate surface area is 150 Å².